The highest BCUT2D eigenvalue weighted by Crippen LogP contribution is 2.32. The minimum atomic E-state index is 0.215. The van der Waals surface area contributed by atoms with Gasteiger partial charge >= 0.3 is 0 Å². The van der Waals surface area contributed by atoms with E-state index >= 15 is 0 Å². The second-order valence-corrected chi connectivity index (χ2v) is 5.28. The van der Waals surface area contributed by atoms with Crippen molar-refractivity contribution in [2.45, 2.75) is 44.4 Å². The standard InChI is InChI=1S/C16H25NO3/c1-17-11-12-7-8-15(19-3)16(9-12)20-14-6-4-5-13(10-14)18-2/h7-9,13-14,17H,4-6,10-11H2,1-3H3. The first-order valence-electron chi connectivity index (χ1n) is 7.27. The average Bonchev–Trinajstić information content (AvgIpc) is 2.48. The lowest BCUT2D eigenvalue weighted by atomic mass is 9.95. The van der Waals surface area contributed by atoms with Crippen LogP contribution in [0.1, 0.15) is 31.2 Å². The zero-order chi connectivity index (χ0) is 14.4. The summed E-state index contributed by atoms with van der Waals surface area (Å²) in [5.41, 5.74) is 1.20. The number of benzene rings is 1. The molecule has 1 aliphatic carbocycles. The van der Waals surface area contributed by atoms with Crippen molar-refractivity contribution < 1.29 is 14.2 Å². The average molecular weight is 279 g/mol. The summed E-state index contributed by atoms with van der Waals surface area (Å²) in [7, 11) is 5.40. The molecule has 0 heterocycles. The highest BCUT2D eigenvalue weighted by molar-refractivity contribution is 5.43. The fourth-order valence-corrected chi connectivity index (χ4v) is 2.73. The van der Waals surface area contributed by atoms with E-state index in [1.165, 1.54) is 5.56 Å². The van der Waals surface area contributed by atoms with E-state index in [4.69, 9.17) is 14.2 Å². The van der Waals surface area contributed by atoms with Gasteiger partial charge in [0.25, 0.3) is 0 Å². The molecular weight excluding hydrogens is 254 g/mol. The fourth-order valence-electron chi connectivity index (χ4n) is 2.73. The number of rotatable bonds is 6. The van der Waals surface area contributed by atoms with Gasteiger partial charge in [0.2, 0.25) is 0 Å². The van der Waals surface area contributed by atoms with Crippen LogP contribution in [0.2, 0.25) is 0 Å². The Morgan fingerprint density at radius 3 is 2.65 bits per heavy atom. The third-order valence-corrected chi connectivity index (χ3v) is 3.81. The molecule has 2 rings (SSSR count). The van der Waals surface area contributed by atoms with Gasteiger partial charge in [-0.1, -0.05) is 6.07 Å². The SMILES string of the molecule is CNCc1ccc(OC)c(OC2CCCC(OC)C2)c1. The van der Waals surface area contributed by atoms with Crippen LogP contribution in [0.4, 0.5) is 0 Å². The van der Waals surface area contributed by atoms with E-state index in [1.54, 1.807) is 14.2 Å². The summed E-state index contributed by atoms with van der Waals surface area (Å²) in [5, 5.41) is 3.15. The first-order chi connectivity index (χ1) is 9.76. The first-order valence-corrected chi connectivity index (χ1v) is 7.27. The van der Waals surface area contributed by atoms with Gasteiger partial charge in [0.05, 0.1) is 13.2 Å². The molecule has 112 valence electrons. The Hall–Kier alpha value is -1.26. The van der Waals surface area contributed by atoms with Crippen LogP contribution in [0.25, 0.3) is 0 Å². The van der Waals surface area contributed by atoms with Crippen LogP contribution in [0.5, 0.6) is 11.5 Å². The molecule has 0 saturated heterocycles. The van der Waals surface area contributed by atoms with E-state index < -0.39 is 0 Å². The van der Waals surface area contributed by atoms with Crippen LogP contribution in [-0.4, -0.2) is 33.5 Å². The molecule has 2 unspecified atom stereocenters. The van der Waals surface area contributed by atoms with Crippen molar-refractivity contribution in [3.8, 4) is 11.5 Å². The zero-order valence-corrected chi connectivity index (χ0v) is 12.6. The summed E-state index contributed by atoms with van der Waals surface area (Å²) < 4.78 is 17.0. The van der Waals surface area contributed by atoms with Gasteiger partial charge < -0.3 is 19.5 Å². The summed E-state index contributed by atoms with van der Waals surface area (Å²) in [6, 6.07) is 6.09. The lowest BCUT2D eigenvalue weighted by Gasteiger charge is -2.29. The maximum Gasteiger partial charge on any atom is 0.161 e. The summed E-state index contributed by atoms with van der Waals surface area (Å²) in [4.78, 5) is 0. The fraction of sp³-hybridized carbons (Fsp3) is 0.625. The molecule has 1 N–H and O–H groups in total. The molecule has 0 spiro atoms. The monoisotopic (exact) mass is 279 g/mol. The molecule has 0 aromatic heterocycles. The Bertz CT molecular complexity index is 422. The number of ether oxygens (including phenoxy) is 3. The van der Waals surface area contributed by atoms with Crippen molar-refractivity contribution in [2.24, 2.45) is 0 Å². The lowest BCUT2D eigenvalue weighted by molar-refractivity contribution is 0.0201. The molecule has 4 heteroatoms. The van der Waals surface area contributed by atoms with Crippen LogP contribution in [-0.2, 0) is 11.3 Å². The van der Waals surface area contributed by atoms with Gasteiger partial charge in [0.15, 0.2) is 11.5 Å². The zero-order valence-electron chi connectivity index (χ0n) is 12.6. The summed E-state index contributed by atoms with van der Waals surface area (Å²) >= 11 is 0. The van der Waals surface area contributed by atoms with Crippen LogP contribution in [0.15, 0.2) is 18.2 Å². The highest BCUT2D eigenvalue weighted by Gasteiger charge is 2.24. The van der Waals surface area contributed by atoms with Crippen molar-refractivity contribution in [1.29, 1.82) is 0 Å². The minimum absolute atomic E-state index is 0.215. The predicted molar refractivity (Wildman–Crippen MR) is 79.4 cm³/mol. The number of hydrogen-bond donors (Lipinski definition) is 1. The van der Waals surface area contributed by atoms with Gasteiger partial charge in [0.1, 0.15) is 6.10 Å². The normalized spacial score (nSPS) is 22.6. The van der Waals surface area contributed by atoms with Crippen molar-refractivity contribution in [3.05, 3.63) is 23.8 Å². The molecule has 0 radical (unpaired) electrons. The Kier molecular flexibility index (Phi) is 5.68. The summed E-state index contributed by atoms with van der Waals surface area (Å²) in [6.45, 7) is 0.825. The van der Waals surface area contributed by atoms with Crippen LogP contribution < -0.4 is 14.8 Å². The second-order valence-electron chi connectivity index (χ2n) is 5.28. The predicted octanol–water partition coefficient (Wildman–Crippen LogP) is 2.75. The number of hydrogen-bond acceptors (Lipinski definition) is 4. The Morgan fingerprint density at radius 1 is 1.15 bits per heavy atom. The van der Waals surface area contributed by atoms with Gasteiger partial charge in [-0.15, -0.1) is 0 Å². The maximum atomic E-state index is 6.16. The molecule has 1 saturated carbocycles. The largest absolute Gasteiger partial charge is 0.493 e. The van der Waals surface area contributed by atoms with Crippen molar-refractivity contribution in [2.75, 3.05) is 21.3 Å². The van der Waals surface area contributed by atoms with Crippen molar-refractivity contribution in [3.63, 3.8) is 0 Å². The van der Waals surface area contributed by atoms with Crippen LogP contribution in [0, 0.1) is 0 Å². The second kappa shape index (κ2) is 7.50. The molecule has 1 aliphatic rings. The molecule has 0 aliphatic heterocycles. The molecule has 0 bridgehead atoms. The summed E-state index contributed by atoms with van der Waals surface area (Å²) in [6.07, 6.45) is 4.86. The molecule has 0 amide bonds. The maximum absolute atomic E-state index is 6.16. The lowest BCUT2D eigenvalue weighted by Crippen LogP contribution is -2.29. The highest BCUT2D eigenvalue weighted by atomic mass is 16.5. The van der Waals surface area contributed by atoms with Gasteiger partial charge in [-0.3, -0.25) is 0 Å². The molecule has 1 aromatic rings. The number of nitrogens with one attached hydrogen (secondary N) is 1. The van der Waals surface area contributed by atoms with Crippen LogP contribution in [0.3, 0.4) is 0 Å². The van der Waals surface area contributed by atoms with E-state index in [9.17, 15) is 0 Å². The van der Waals surface area contributed by atoms with Gasteiger partial charge in [-0.25, -0.2) is 0 Å². The van der Waals surface area contributed by atoms with Crippen molar-refractivity contribution in [1.82, 2.24) is 5.32 Å². The Balaban J connectivity index is 2.08. The van der Waals surface area contributed by atoms with Gasteiger partial charge in [-0.2, -0.15) is 0 Å². The van der Waals surface area contributed by atoms with Gasteiger partial charge in [0, 0.05) is 20.1 Å². The number of methoxy groups -OCH3 is 2. The third kappa shape index (κ3) is 3.87. The van der Waals surface area contributed by atoms with E-state index in [0.29, 0.717) is 6.10 Å². The molecular formula is C16H25NO3. The third-order valence-electron chi connectivity index (χ3n) is 3.81. The molecule has 4 nitrogen and oxygen atoms in total. The van der Waals surface area contributed by atoms with Gasteiger partial charge in [-0.05, 0) is 44.0 Å². The Morgan fingerprint density at radius 2 is 1.95 bits per heavy atom. The van der Waals surface area contributed by atoms with Crippen LogP contribution >= 0.6 is 0 Å². The molecule has 1 fully saturated rings. The Labute approximate surface area is 121 Å². The molecule has 2 atom stereocenters. The van der Waals surface area contributed by atoms with E-state index in [-0.39, 0.29) is 6.10 Å². The molecule has 1 aromatic carbocycles. The topological polar surface area (TPSA) is 39.7 Å². The smallest absolute Gasteiger partial charge is 0.161 e. The van der Waals surface area contributed by atoms with E-state index in [0.717, 1.165) is 43.7 Å². The van der Waals surface area contributed by atoms with E-state index in [1.807, 2.05) is 13.1 Å². The summed E-state index contributed by atoms with van der Waals surface area (Å²) in [5.74, 6) is 1.63. The van der Waals surface area contributed by atoms with E-state index in [2.05, 4.69) is 17.4 Å². The quantitative estimate of drug-likeness (QED) is 0.869. The molecule has 20 heavy (non-hydrogen) atoms. The minimum Gasteiger partial charge on any atom is -0.493 e. The van der Waals surface area contributed by atoms with Crippen molar-refractivity contribution >= 4 is 0 Å². The first kappa shape index (κ1) is 15.1.